The van der Waals surface area contributed by atoms with Gasteiger partial charge in [0.1, 0.15) is 30.5 Å². The summed E-state index contributed by atoms with van der Waals surface area (Å²) in [7, 11) is 2.99. The number of carboxylic acid groups (broad SMARTS) is 1. The SMILES string of the molecule is COc1cccc(OCCOc2cccc(CC(OC)C(=O)O)c2)c1. The van der Waals surface area contributed by atoms with Gasteiger partial charge in [-0.25, -0.2) is 4.79 Å². The van der Waals surface area contributed by atoms with E-state index in [2.05, 4.69) is 0 Å². The molecule has 2 aromatic rings. The van der Waals surface area contributed by atoms with Crippen LogP contribution in [0.15, 0.2) is 48.5 Å². The van der Waals surface area contributed by atoms with Gasteiger partial charge in [-0.2, -0.15) is 0 Å². The third kappa shape index (κ3) is 6.00. The highest BCUT2D eigenvalue weighted by Gasteiger charge is 2.16. The number of methoxy groups -OCH3 is 2. The lowest BCUT2D eigenvalue weighted by molar-refractivity contribution is -0.148. The van der Waals surface area contributed by atoms with Gasteiger partial charge in [-0.15, -0.1) is 0 Å². The average Bonchev–Trinajstić information content (AvgIpc) is 2.63. The molecule has 1 atom stereocenters. The van der Waals surface area contributed by atoms with Crippen LogP contribution in [-0.2, 0) is 16.0 Å². The standard InChI is InChI=1S/C19H22O6/c1-22-15-6-4-8-17(13-15)25-10-9-24-16-7-3-5-14(11-16)12-18(23-2)19(20)21/h3-8,11,13,18H,9-10,12H2,1-2H3,(H,20,21). The molecule has 0 saturated heterocycles. The number of benzene rings is 2. The van der Waals surface area contributed by atoms with E-state index in [4.69, 9.17) is 24.1 Å². The van der Waals surface area contributed by atoms with E-state index in [9.17, 15) is 4.79 Å². The van der Waals surface area contributed by atoms with Gasteiger partial charge in [0.05, 0.1) is 7.11 Å². The van der Waals surface area contributed by atoms with Gasteiger partial charge < -0.3 is 24.1 Å². The minimum absolute atomic E-state index is 0.281. The van der Waals surface area contributed by atoms with Crippen LogP contribution in [0.3, 0.4) is 0 Å². The molecule has 2 aromatic carbocycles. The fourth-order valence-electron chi connectivity index (χ4n) is 2.26. The van der Waals surface area contributed by atoms with Gasteiger partial charge in [0, 0.05) is 19.6 Å². The van der Waals surface area contributed by atoms with Gasteiger partial charge >= 0.3 is 5.97 Å². The number of rotatable bonds is 10. The quantitative estimate of drug-likeness (QED) is 0.667. The average molecular weight is 346 g/mol. The minimum atomic E-state index is -0.986. The van der Waals surface area contributed by atoms with Crippen molar-refractivity contribution in [3.05, 3.63) is 54.1 Å². The smallest absolute Gasteiger partial charge is 0.333 e. The zero-order valence-electron chi connectivity index (χ0n) is 14.3. The molecule has 2 rings (SSSR count). The van der Waals surface area contributed by atoms with Crippen molar-refractivity contribution in [1.29, 1.82) is 0 Å². The Morgan fingerprint density at radius 2 is 1.56 bits per heavy atom. The lowest BCUT2D eigenvalue weighted by atomic mass is 10.1. The van der Waals surface area contributed by atoms with E-state index in [1.54, 1.807) is 19.2 Å². The zero-order chi connectivity index (χ0) is 18.1. The molecule has 0 radical (unpaired) electrons. The first-order chi connectivity index (χ1) is 12.1. The Morgan fingerprint density at radius 3 is 2.16 bits per heavy atom. The maximum absolute atomic E-state index is 11.0. The Balaban J connectivity index is 1.82. The number of carboxylic acids is 1. The molecular weight excluding hydrogens is 324 g/mol. The number of carbonyl (C=O) groups is 1. The molecule has 1 N–H and O–H groups in total. The van der Waals surface area contributed by atoms with Gasteiger partial charge in [0.15, 0.2) is 6.10 Å². The second kappa shape index (κ2) is 9.54. The molecule has 0 aliphatic carbocycles. The summed E-state index contributed by atoms with van der Waals surface area (Å²) in [5.41, 5.74) is 0.834. The topological polar surface area (TPSA) is 74.2 Å². The van der Waals surface area contributed by atoms with Crippen LogP contribution in [0.2, 0.25) is 0 Å². The summed E-state index contributed by atoms with van der Waals surface area (Å²) in [6.07, 6.45) is -0.588. The number of ether oxygens (including phenoxy) is 4. The molecule has 0 aliphatic rings. The van der Waals surface area contributed by atoms with Crippen molar-refractivity contribution in [2.45, 2.75) is 12.5 Å². The fraction of sp³-hybridized carbons (Fsp3) is 0.316. The number of hydrogen-bond acceptors (Lipinski definition) is 5. The lowest BCUT2D eigenvalue weighted by Crippen LogP contribution is -2.24. The highest BCUT2D eigenvalue weighted by Crippen LogP contribution is 2.19. The molecule has 0 aromatic heterocycles. The summed E-state index contributed by atoms with van der Waals surface area (Å²) in [5, 5.41) is 9.04. The van der Waals surface area contributed by atoms with Crippen molar-refractivity contribution in [3.8, 4) is 17.2 Å². The van der Waals surface area contributed by atoms with E-state index in [0.717, 1.165) is 11.3 Å². The van der Waals surface area contributed by atoms with Crippen LogP contribution in [0.4, 0.5) is 0 Å². The van der Waals surface area contributed by atoms with Crippen molar-refractivity contribution >= 4 is 5.97 Å². The fourth-order valence-corrected chi connectivity index (χ4v) is 2.26. The third-order valence-electron chi connectivity index (χ3n) is 3.54. The molecule has 134 valence electrons. The van der Waals surface area contributed by atoms with E-state index in [0.29, 0.717) is 24.7 Å². The Kier molecular flexibility index (Phi) is 7.10. The van der Waals surface area contributed by atoms with E-state index >= 15 is 0 Å². The molecular formula is C19H22O6. The molecule has 1 unspecified atom stereocenters. The van der Waals surface area contributed by atoms with Gasteiger partial charge in [-0.3, -0.25) is 0 Å². The summed E-state index contributed by atoms with van der Waals surface area (Å²) < 4.78 is 21.4. The molecule has 25 heavy (non-hydrogen) atoms. The Hall–Kier alpha value is -2.73. The highest BCUT2D eigenvalue weighted by atomic mass is 16.5. The molecule has 0 saturated carbocycles. The second-order valence-corrected chi connectivity index (χ2v) is 5.29. The first-order valence-corrected chi connectivity index (χ1v) is 7.86. The Morgan fingerprint density at radius 1 is 0.960 bits per heavy atom. The predicted octanol–water partition coefficient (Wildman–Crippen LogP) is 2.80. The van der Waals surface area contributed by atoms with Crippen molar-refractivity contribution in [3.63, 3.8) is 0 Å². The summed E-state index contributed by atoms with van der Waals surface area (Å²) >= 11 is 0. The van der Waals surface area contributed by atoms with Crippen LogP contribution < -0.4 is 14.2 Å². The molecule has 0 aliphatic heterocycles. The third-order valence-corrected chi connectivity index (χ3v) is 3.54. The van der Waals surface area contributed by atoms with E-state index in [-0.39, 0.29) is 6.42 Å². The van der Waals surface area contributed by atoms with E-state index in [1.165, 1.54) is 7.11 Å². The van der Waals surface area contributed by atoms with E-state index in [1.807, 2.05) is 36.4 Å². The van der Waals surface area contributed by atoms with E-state index < -0.39 is 12.1 Å². The summed E-state index contributed by atoms with van der Waals surface area (Å²) in [6.45, 7) is 0.751. The van der Waals surface area contributed by atoms with Gasteiger partial charge in [-0.1, -0.05) is 18.2 Å². The van der Waals surface area contributed by atoms with Gasteiger partial charge in [-0.05, 0) is 29.8 Å². The zero-order valence-corrected chi connectivity index (χ0v) is 14.3. The molecule has 0 fully saturated rings. The highest BCUT2D eigenvalue weighted by molar-refractivity contribution is 5.72. The van der Waals surface area contributed by atoms with Crippen LogP contribution in [0.25, 0.3) is 0 Å². The first kappa shape index (κ1) is 18.6. The van der Waals surface area contributed by atoms with Crippen LogP contribution >= 0.6 is 0 Å². The van der Waals surface area contributed by atoms with Crippen LogP contribution in [0, 0.1) is 0 Å². The van der Waals surface area contributed by atoms with Crippen LogP contribution in [0.1, 0.15) is 5.56 Å². The maximum Gasteiger partial charge on any atom is 0.333 e. The minimum Gasteiger partial charge on any atom is -0.497 e. The lowest BCUT2D eigenvalue weighted by Gasteiger charge is -2.12. The predicted molar refractivity (Wildman–Crippen MR) is 92.6 cm³/mol. The largest absolute Gasteiger partial charge is 0.497 e. The Labute approximate surface area is 146 Å². The van der Waals surface area contributed by atoms with Crippen LogP contribution in [-0.4, -0.2) is 44.6 Å². The van der Waals surface area contributed by atoms with Crippen molar-refractivity contribution in [2.24, 2.45) is 0 Å². The normalized spacial score (nSPS) is 11.6. The second-order valence-electron chi connectivity index (χ2n) is 5.29. The molecule has 0 amide bonds. The first-order valence-electron chi connectivity index (χ1n) is 7.86. The molecule has 0 heterocycles. The van der Waals surface area contributed by atoms with Gasteiger partial charge in [0.2, 0.25) is 0 Å². The number of aliphatic carboxylic acids is 1. The van der Waals surface area contributed by atoms with Crippen LogP contribution in [0.5, 0.6) is 17.2 Å². The summed E-state index contributed by atoms with van der Waals surface area (Å²) in [6, 6.07) is 14.6. The molecule has 6 nitrogen and oxygen atoms in total. The summed E-state index contributed by atoms with van der Waals surface area (Å²) in [5.74, 6) is 1.12. The molecule has 6 heteroatoms. The van der Waals surface area contributed by atoms with Crippen molar-refractivity contribution in [1.82, 2.24) is 0 Å². The molecule has 0 spiro atoms. The van der Waals surface area contributed by atoms with Crippen molar-refractivity contribution in [2.75, 3.05) is 27.4 Å². The summed E-state index contributed by atoms with van der Waals surface area (Å²) in [4.78, 5) is 11.0. The molecule has 0 bridgehead atoms. The van der Waals surface area contributed by atoms with Crippen molar-refractivity contribution < 1.29 is 28.8 Å². The Bertz CT molecular complexity index is 685. The monoisotopic (exact) mass is 346 g/mol. The maximum atomic E-state index is 11.0. The van der Waals surface area contributed by atoms with Gasteiger partial charge in [0.25, 0.3) is 0 Å². The number of hydrogen-bond donors (Lipinski definition) is 1.